The summed E-state index contributed by atoms with van der Waals surface area (Å²) in [7, 11) is -3.59. The average Bonchev–Trinajstić information content (AvgIpc) is 2.42. The van der Waals surface area contributed by atoms with E-state index in [0.717, 1.165) is 18.4 Å². The smallest absolute Gasteiger partial charge is 0.261 e. The first-order valence-corrected chi connectivity index (χ1v) is 7.90. The minimum absolute atomic E-state index is 0.0943. The molecule has 0 aliphatic carbocycles. The molecule has 0 saturated carbocycles. The lowest BCUT2D eigenvalue weighted by Crippen LogP contribution is -2.12. The summed E-state index contributed by atoms with van der Waals surface area (Å²) in [6.45, 7) is 2.08. The van der Waals surface area contributed by atoms with Gasteiger partial charge in [-0.3, -0.25) is 4.72 Å². The first kappa shape index (κ1) is 14.4. The second-order valence-corrected chi connectivity index (χ2v) is 6.23. The van der Waals surface area contributed by atoms with Crippen LogP contribution in [0.25, 0.3) is 0 Å². The third kappa shape index (κ3) is 3.51. The maximum Gasteiger partial charge on any atom is 0.261 e. The number of sulfonamides is 1. The SMILES string of the molecule is CCCc1ccc(S(=O)(=O)Nc2ccc(O)cc2)cc1. The maximum atomic E-state index is 12.2. The highest BCUT2D eigenvalue weighted by Crippen LogP contribution is 2.19. The second-order valence-electron chi connectivity index (χ2n) is 4.55. The van der Waals surface area contributed by atoms with E-state index < -0.39 is 10.0 Å². The van der Waals surface area contributed by atoms with Crippen molar-refractivity contribution in [1.82, 2.24) is 0 Å². The second kappa shape index (κ2) is 5.96. The number of phenolic OH excluding ortho intramolecular Hbond substituents is 1. The fourth-order valence-corrected chi connectivity index (χ4v) is 2.93. The molecule has 4 nitrogen and oxygen atoms in total. The van der Waals surface area contributed by atoms with Gasteiger partial charge in [-0.25, -0.2) is 8.42 Å². The Labute approximate surface area is 119 Å². The number of anilines is 1. The Balaban J connectivity index is 2.19. The van der Waals surface area contributed by atoms with E-state index in [2.05, 4.69) is 11.6 Å². The summed E-state index contributed by atoms with van der Waals surface area (Å²) in [6, 6.07) is 12.8. The zero-order valence-corrected chi connectivity index (χ0v) is 12.0. The van der Waals surface area contributed by atoms with Crippen molar-refractivity contribution in [2.45, 2.75) is 24.7 Å². The van der Waals surface area contributed by atoms with Crippen molar-refractivity contribution < 1.29 is 13.5 Å². The average molecular weight is 291 g/mol. The van der Waals surface area contributed by atoms with Gasteiger partial charge in [-0.1, -0.05) is 25.5 Å². The van der Waals surface area contributed by atoms with Gasteiger partial charge in [0.15, 0.2) is 0 Å². The van der Waals surface area contributed by atoms with Crippen LogP contribution in [0.3, 0.4) is 0 Å². The quantitative estimate of drug-likeness (QED) is 0.832. The van der Waals surface area contributed by atoms with Crippen molar-refractivity contribution in [1.29, 1.82) is 0 Å². The molecule has 106 valence electrons. The first-order valence-electron chi connectivity index (χ1n) is 6.42. The number of benzene rings is 2. The predicted molar refractivity (Wildman–Crippen MR) is 79.4 cm³/mol. The molecule has 20 heavy (non-hydrogen) atoms. The fraction of sp³-hybridized carbons (Fsp3) is 0.200. The number of phenols is 1. The minimum Gasteiger partial charge on any atom is -0.508 e. The Morgan fingerprint density at radius 1 is 1.00 bits per heavy atom. The fourth-order valence-electron chi connectivity index (χ4n) is 1.87. The van der Waals surface area contributed by atoms with Crippen LogP contribution in [-0.4, -0.2) is 13.5 Å². The van der Waals surface area contributed by atoms with Crippen molar-refractivity contribution in [3.05, 3.63) is 54.1 Å². The lowest BCUT2D eigenvalue weighted by molar-refractivity contribution is 0.475. The van der Waals surface area contributed by atoms with E-state index in [-0.39, 0.29) is 10.6 Å². The molecule has 0 aliphatic heterocycles. The van der Waals surface area contributed by atoms with Crippen LogP contribution in [0.4, 0.5) is 5.69 Å². The number of aromatic hydroxyl groups is 1. The topological polar surface area (TPSA) is 66.4 Å². The lowest BCUT2D eigenvalue weighted by atomic mass is 10.1. The number of nitrogens with one attached hydrogen (secondary N) is 1. The van der Waals surface area contributed by atoms with Crippen LogP contribution in [0.5, 0.6) is 5.75 Å². The summed E-state index contributed by atoms with van der Waals surface area (Å²) in [4.78, 5) is 0.227. The summed E-state index contributed by atoms with van der Waals surface area (Å²) in [5, 5.41) is 9.18. The van der Waals surface area contributed by atoms with Crippen LogP contribution >= 0.6 is 0 Å². The number of hydrogen-bond donors (Lipinski definition) is 2. The van der Waals surface area contributed by atoms with E-state index in [1.165, 1.54) is 24.3 Å². The number of rotatable bonds is 5. The highest BCUT2D eigenvalue weighted by molar-refractivity contribution is 7.92. The van der Waals surface area contributed by atoms with Gasteiger partial charge in [0, 0.05) is 5.69 Å². The summed E-state index contributed by atoms with van der Waals surface area (Å²) in [5.74, 6) is 0.0943. The Hall–Kier alpha value is -2.01. The highest BCUT2D eigenvalue weighted by Gasteiger charge is 2.13. The molecule has 0 bridgehead atoms. The summed E-state index contributed by atoms with van der Waals surface area (Å²) in [6.07, 6.45) is 1.96. The summed E-state index contributed by atoms with van der Waals surface area (Å²) < 4.78 is 26.8. The van der Waals surface area contributed by atoms with E-state index >= 15 is 0 Å². The zero-order valence-electron chi connectivity index (χ0n) is 11.2. The van der Waals surface area contributed by atoms with E-state index in [4.69, 9.17) is 0 Å². The van der Waals surface area contributed by atoms with Crippen LogP contribution in [-0.2, 0) is 16.4 Å². The monoisotopic (exact) mass is 291 g/mol. The molecule has 0 atom stereocenters. The summed E-state index contributed by atoms with van der Waals surface area (Å²) >= 11 is 0. The number of hydrogen-bond acceptors (Lipinski definition) is 3. The van der Waals surface area contributed by atoms with Gasteiger partial charge >= 0.3 is 0 Å². The lowest BCUT2D eigenvalue weighted by Gasteiger charge is -2.08. The van der Waals surface area contributed by atoms with Crippen LogP contribution in [0.2, 0.25) is 0 Å². The molecule has 0 unspecified atom stereocenters. The predicted octanol–water partition coefficient (Wildman–Crippen LogP) is 3.15. The normalized spacial score (nSPS) is 11.2. The minimum atomic E-state index is -3.59. The Kier molecular flexibility index (Phi) is 4.29. The molecule has 0 heterocycles. The third-order valence-corrected chi connectivity index (χ3v) is 4.29. The van der Waals surface area contributed by atoms with E-state index in [1.54, 1.807) is 12.1 Å². The standard InChI is InChI=1S/C15H17NO3S/c1-2-3-12-4-10-15(11-5-12)20(18,19)16-13-6-8-14(17)9-7-13/h4-11,16-17H,2-3H2,1H3. The van der Waals surface area contributed by atoms with Crippen LogP contribution in [0.1, 0.15) is 18.9 Å². The van der Waals surface area contributed by atoms with Gasteiger partial charge in [-0.05, 0) is 48.4 Å². The van der Waals surface area contributed by atoms with Gasteiger partial charge in [-0.15, -0.1) is 0 Å². The number of aryl methyl sites for hydroxylation is 1. The van der Waals surface area contributed by atoms with Gasteiger partial charge in [0.05, 0.1) is 4.90 Å². The first-order chi connectivity index (χ1) is 9.51. The zero-order chi connectivity index (χ0) is 14.6. The molecule has 0 amide bonds. The maximum absolute atomic E-state index is 12.2. The Morgan fingerprint density at radius 2 is 1.60 bits per heavy atom. The van der Waals surface area contributed by atoms with Crippen molar-refractivity contribution in [3.63, 3.8) is 0 Å². The Morgan fingerprint density at radius 3 is 2.15 bits per heavy atom. The van der Waals surface area contributed by atoms with E-state index in [1.807, 2.05) is 12.1 Å². The molecular formula is C15H17NO3S. The van der Waals surface area contributed by atoms with Gasteiger partial charge in [0.1, 0.15) is 5.75 Å². The van der Waals surface area contributed by atoms with Gasteiger partial charge < -0.3 is 5.11 Å². The molecule has 0 radical (unpaired) electrons. The van der Waals surface area contributed by atoms with Crippen molar-refractivity contribution in [2.24, 2.45) is 0 Å². The largest absolute Gasteiger partial charge is 0.508 e. The molecule has 0 spiro atoms. The Bertz CT molecular complexity index is 661. The van der Waals surface area contributed by atoms with E-state index in [0.29, 0.717) is 5.69 Å². The van der Waals surface area contributed by atoms with Gasteiger partial charge in [0.2, 0.25) is 0 Å². The molecule has 0 saturated heterocycles. The van der Waals surface area contributed by atoms with Gasteiger partial charge in [0.25, 0.3) is 10.0 Å². The summed E-state index contributed by atoms with van der Waals surface area (Å²) in [5.41, 5.74) is 1.54. The van der Waals surface area contributed by atoms with Crippen LogP contribution in [0, 0.1) is 0 Å². The molecule has 5 heteroatoms. The van der Waals surface area contributed by atoms with Gasteiger partial charge in [-0.2, -0.15) is 0 Å². The van der Waals surface area contributed by atoms with Crippen molar-refractivity contribution >= 4 is 15.7 Å². The molecule has 0 fully saturated rings. The molecule has 2 N–H and O–H groups in total. The van der Waals surface area contributed by atoms with Crippen molar-refractivity contribution in [3.8, 4) is 5.75 Å². The molecule has 2 aromatic rings. The molecule has 0 aromatic heterocycles. The molecular weight excluding hydrogens is 274 g/mol. The van der Waals surface area contributed by atoms with Crippen LogP contribution < -0.4 is 4.72 Å². The van der Waals surface area contributed by atoms with E-state index in [9.17, 15) is 13.5 Å². The molecule has 2 aromatic carbocycles. The third-order valence-electron chi connectivity index (χ3n) is 2.89. The van der Waals surface area contributed by atoms with Crippen LogP contribution in [0.15, 0.2) is 53.4 Å². The molecule has 0 aliphatic rings. The highest BCUT2D eigenvalue weighted by atomic mass is 32.2. The van der Waals surface area contributed by atoms with Crippen molar-refractivity contribution in [2.75, 3.05) is 4.72 Å². The molecule has 2 rings (SSSR count).